The molecule has 1 saturated carbocycles. The Labute approximate surface area is 119 Å². The van der Waals surface area contributed by atoms with Crippen molar-refractivity contribution >= 4 is 10.0 Å². The second-order valence-electron chi connectivity index (χ2n) is 5.18. The lowest BCUT2D eigenvalue weighted by molar-refractivity contribution is 0.188. The van der Waals surface area contributed by atoms with Crippen LogP contribution in [0.5, 0.6) is 0 Å². The van der Waals surface area contributed by atoms with Crippen LogP contribution in [0.3, 0.4) is 0 Å². The predicted octanol–water partition coefficient (Wildman–Crippen LogP) is 1.23. The van der Waals surface area contributed by atoms with Crippen molar-refractivity contribution in [1.29, 1.82) is 0 Å². The van der Waals surface area contributed by atoms with Gasteiger partial charge in [-0.25, -0.2) is 13.1 Å². The smallest absolute Gasteiger partial charge is 0.274 e. The summed E-state index contributed by atoms with van der Waals surface area (Å²) in [4.78, 5) is 0. The first kappa shape index (κ1) is 15.5. The summed E-state index contributed by atoms with van der Waals surface area (Å²) in [7, 11) is -2.00. The molecule has 0 saturated heterocycles. The Kier molecular flexibility index (Phi) is 5.20. The summed E-state index contributed by atoms with van der Waals surface area (Å²) in [6.45, 7) is 2.88. The highest BCUT2D eigenvalue weighted by molar-refractivity contribution is 7.89. The Bertz CT molecular complexity index is 522. The minimum absolute atomic E-state index is 0.0330. The van der Waals surface area contributed by atoms with Crippen molar-refractivity contribution < 1.29 is 17.6 Å². The van der Waals surface area contributed by atoms with E-state index in [0.717, 1.165) is 0 Å². The van der Waals surface area contributed by atoms with Crippen molar-refractivity contribution in [3.05, 3.63) is 17.9 Å². The van der Waals surface area contributed by atoms with E-state index in [1.165, 1.54) is 18.9 Å². The zero-order valence-electron chi connectivity index (χ0n) is 11.9. The molecule has 1 heterocycles. The topological polar surface area (TPSA) is 80.6 Å². The average molecular weight is 302 g/mol. The quantitative estimate of drug-likeness (QED) is 0.717. The summed E-state index contributed by atoms with van der Waals surface area (Å²) >= 11 is 0. The molecule has 1 fully saturated rings. The molecule has 7 heteroatoms. The van der Waals surface area contributed by atoms with E-state index in [-0.39, 0.29) is 11.1 Å². The Morgan fingerprint density at radius 2 is 2.20 bits per heavy atom. The van der Waals surface area contributed by atoms with Gasteiger partial charge in [-0.15, -0.1) is 0 Å². The van der Waals surface area contributed by atoms with E-state index >= 15 is 0 Å². The summed E-state index contributed by atoms with van der Waals surface area (Å²) < 4.78 is 37.1. The number of furan rings is 1. The molecular weight excluding hydrogens is 280 g/mol. The third-order valence-electron chi connectivity index (χ3n) is 3.16. The lowest BCUT2D eigenvalue weighted by Gasteiger charge is -2.12. The van der Waals surface area contributed by atoms with Crippen LogP contribution in [0, 0.1) is 0 Å². The number of sulfonamides is 1. The maximum absolute atomic E-state index is 12.1. The summed E-state index contributed by atoms with van der Waals surface area (Å²) in [5.74, 6) is 0.641. The predicted molar refractivity (Wildman–Crippen MR) is 74.8 cm³/mol. The molecule has 0 spiro atoms. The zero-order chi connectivity index (χ0) is 14.6. The highest BCUT2D eigenvalue weighted by Crippen LogP contribution is 2.20. The van der Waals surface area contributed by atoms with E-state index in [0.29, 0.717) is 31.4 Å². The first-order chi connectivity index (χ1) is 9.51. The molecule has 1 aliphatic rings. The molecule has 1 aliphatic carbocycles. The third-order valence-corrected chi connectivity index (χ3v) is 4.62. The van der Waals surface area contributed by atoms with E-state index < -0.39 is 10.0 Å². The van der Waals surface area contributed by atoms with Gasteiger partial charge in [0.15, 0.2) is 0 Å². The zero-order valence-corrected chi connectivity index (χ0v) is 12.7. The number of methoxy groups -OCH3 is 1. The van der Waals surface area contributed by atoms with Crippen LogP contribution < -0.4 is 10.0 Å². The largest absolute Gasteiger partial charge is 0.447 e. The van der Waals surface area contributed by atoms with Crippen LogP contribution in [0.15, 0.2) is 21.6 Å². The average Bonchev–Trinajstić information content (AvgIpc) is 3.09. The fourth-order valence-electron chi connectivity index (χ4n) is 1.81. The summed E-state index contributed by atoms with van der Waals surface area (Å²) in [6.07, 6.45) is 2.99. The number of hydrogen-bond acceptors (Lipinski definition) is 5. The fraction of sp³-hybridized carbons (Fsp3) is 0.692. The number of hydrogen-bond donors (Lipinski definition) is 2. The maximum atomic E-state index is 12.1. The number of rotatable bonds is 9. The molecule has 20 heavy (non-hydrogen) atoms. The molecule has 1 unspecified atom stereocenters. The highest BCUT2D eigenvalue weighted by atomic mass is 32.2. The van der Waals surface area contributed by atoms with Crippen LogP contribution in [0.2, 0.25) is 0 Å². The van der Waals surface area contributed by atoms with Gasteiger partial charge in [0.25, 0.3) is 10.0 Å². The Morgan fingerprint density at radius 1 is 1.45 bits per heavy atom. The second kappa shape index (κ2) is 6.71. The lowest BCUT2D eigenvalue weighted by atomic mass is 10.3. The SMILES string of the molecule is COCCC(C)NS(=O)(=O)c1ccc(CNC2CC2)o1. The van der Waals surface area contributed by atoms with Crippen LogP contribution in [-0.2, 0) is 21.3 Å². The maximum Gasteiger partial charge on any atom is 0.274 e. The van der Waals surface area contributed by atoms with Crippen molar-refractivity contribution in [2.45, 2.75) is 49.9 Å². The fourth-order valence-corrected chi connectivity index (χ4v) is 3.03. The van der Waals surface area contributed by atoms with Gasteiger partial charge in [0, 0.05) is 25.8 Å². The summed E-state index contributed by atoms with van der Waals surface area (Å²) in [6, 6.07) is 3.56. The van der Waals surface area contributed by atoms with E-state index in [4.69, 9.17) is 9.15 Å². The molecule has 0 radical (unpaired) electrons. The van der Waals surface area contributed by atoms with Crippen LogP contribution in [-0.4, -0.2) is 34.2 Å². The number of ether oxygens (including phenoxy) is 1. The second-order valence-corrected chi connectivity index (χ2v) is 6.82. The van der Waals surface area contributed by atoms with Gasteiger partial charge in [0.05, 0.1) is 6.54 Å². The normalized spacial score (nSPS) is 17.3. The van der Waals surface area contributed by atoms with Crippen molar-refractivity contribution in [3.8, 4) is 0 Å². The highest BCUT2D eigenvalue weighted by Gasteiger charge is 2.23. The molecule has 2 N–H and O–H groups in total. The molecule has 1 atom stereocenters. The molecule has 0 aromatic carbocycles. The Hall–Kier alpha value is -0.890. The van der Waals surface area contributed by atoms with Crippen LogP contribution >= 0.6 is 0 Å². The summed E-state index contributed by atoms with van der Waals surface area (Å²) in [5.41, 5.74) is 0. The van der Waals surface area contributed by atoms with Gasteiger partial charge in [0.2, 0.25) is 5.09 Å². The standard InChI is InChI=1S/C13H22N2O4S/c1-10(7-8-18-2)15-20(16,17)13-6-5-12(19-13)9-14-11-3-4-11/h5-6,10-11,14-15H,3-4,7-9H2,1-2H3. The number of nitrogens with one attached hydrogen (secondary N) is 2. The monoisotopic (exact) mass is 302 g/mol. The van der Waals surface area contributed by atoms with Crippen LogP contribution in [0.1, 0.15) is 31.9 Å². The minimum Gasteiger partial charge on any atom is -0.447 e. The molecule has 6 nitrogen and oxygen atoms in total. The molecule has 2 rings (SSSR count). The molecule has 1 aromatic rings. The van der Waals surface area contributed by atoms with Gasteiger partial charge in [-0.3, -0.25) is 0 Å². The first-order valence-electron chi connectivity index (χ1n) is 6.84. The van der Waals surface area contributed by atoms with E-state index in [9.17, 15) is 8.42 Å². The van der Waals surface area contributed by atoms with Gasteiger partial charge in [0.1, 0.15) is 5.76 Å². The van der Waals surface area contributed by atoms with Crippen molar-refractivity contribution in [2.75, 3.05) is 13.7 Å². The van der Waals surface area contributed by atoms with Crippen molar-refractivity contribution in [3.63, 3.8) is 0 Å². The van der Waals surface area contributed by atoms with Crippen LogP contribution in [0.25, 0.3) is 0 Å². The van der Waals surface area contributed by atoms with E-state index in [2.05, 4.69) is 10.0 Å². The molecule has 0 amide bonds. The minimum atomic E-state index is -3.59. The van der Waals surface area contributed by atoms with Gasteiger partial charge < -0.3 is 14.5 Å². The molecular formula is C13H22N2O4S. The Morgan fingerprint density at radius 3 is 2.85 bits per heavy atom. The molecule has 114 valence electrons. The van der Waals surface area contributed by atoms with Gasteiger partial charge >= 0.3 is 0 Å². The van der Waals surface area contributed by atoms with E-state index in [1.807, 2.05) is 0 Å². The van der Waals surface area contributed by atoms with Gasteiger partial charge in [-0.05, 0) is 38.3 Å². The van der Waals surface area contributed by atoms with Gasteiger partial charge in [-0.1, -0.05) is 0 Å². The van der Waals surface area contributed by atoms with Crippen molar-refractivity contribution in [2.24, 2.45) is 0 Å². The first-order valence-corrected chi connectivity index (χ1v) is 8.33. The molecule has 1 aromatic heterocycles. The lowest BCUT2D eigenvalue weighted by Crippen LogP contribution is -2.33. The third kappa shape index (κ3) is 4.59. The van der Waals surface area contributed by atoms with Crippen LogP contribution in [0.4, 0.5) is 0 Å². The molecule has 0 aliphatic heterocycles. The Balaban J connectivity index is 1.90. The van der Waals surface area contributed by atoms with Crippen molar-refractivity contribution in [1.82, 2.24) is 10.0 Å². The van der Waals surface area contributed by atoms with E-state index in [1.54, 1.807) is 20.1 Å². The molecule has 0 bridgehead atoms. The van der Waals surface area contributed by atoms with Gasteiger partial charge in [-0.2, -0.15) is 0 Å². The summed E-state index contributed by atoms with van der Waals surface area (Å²) in [5, 5.41) is 3.25.